The molecule has 0 aromatic carbocycles. The zero-order valence-corrected chi connectivity index (χ0v) is 12.6. The number of imidazole rings is 1. The highest BCUT2D eigenvalue weighted by Gasteiger charge is 2.21. The predicted octanol–water partition coefficient (Wildman–Crippen LogP) is 2.11. The summed E-state index contributed by atoms with van der Waals surface area (Å²) in [5.74, 6) is 0.547. The van der Waals surface area contributed by atoms with Crippen molar-refractivity contribution in [2.45, 2.75) is 38.6 Å². The van der Waals surface area contributed by atoms with E-state index in [1.165, 1.54) is 20.0 Å². The molecule has 0 bridgehead atoms. The highest BCUT2D eigenvalue weighted by molar-refractivity contribution is 5.95. The molecule has 5 heteroatoms. The summed E-state index contributed by atoms with van der Waals surface area (Å²) in [7, 11) is 1.39. The molecule has 3 rings (SSSR count). The first-order chi connectivity index (χ1) is 10.2. The molecule has 3 heterocycles. The number of carbonyl (C=O) groups excluding carboxylic acids is 1. The van der Waals surface area contributed by atoms with Gasteiger partial charge < -0.3 is 14.5 Å². The average Bonchev–Trinajstić information content (AvgIpc) is 2.85. The van der Waals surface area contributed by atoms with Crippen molar-refractivity contribution in [1.29, 1.82) is 0 Å². The smallest absolute Gasteiger partial charge is 0.358 e. The minimum atomic E-state index is -0.374. The first-order valence-electron chi connectivity index (χ1n) is 7.48. The molecule has 1 aliphatic heterocycles. The molecular weight excluding hydrogens is 266 g/mol. The summed E-state index contributed by atoms with van der Waals surface area (Å²) in [6, 6.07) is 4.46. The molecule has 0 radical (unpaired) electrons. The fourth-order valence-electron chi connectivity index (χ4n) is 2.96. The molecule has 21 heavy (non-hydrogen) atoms. The second-order valence-electron chi connectivity index (χ2n) is 5.68. The van der Waals surface area contributed by atoms with Crippen LogP contribution in [0.25, 0.3) is 5.52 Å². The Kier molecular flexibility index (Phi) is 3.92. The van der Waals surface area contributed by atoms with Crippen LogP contribution < -0.4 is 5.32 Å². The number of methoxy groups -OCH3 is 1. The largest absolute Gasteiger partial charge is 0.464 e. The van der Waals surface area contributed by atoms with Crippen LogP contribution >= 0.6 is 0 Å². The molecule has 112 valence electrons. The van der Waals surface area contributed by atoms with Crippen LogP contribution in [0, 0.1) is 6.92 Å². The lowest BCUT2D eigenvalue weighted by Crippen LogP contribution is -2.36. The number of fused-ring (bicyclic) bond motifs is 1. The van der Waals surface area contributed by atoms with Gasteiger partial charge in [-0.1, -0.05) is 6.42 Å². The average molecular weight is 287 g/mol. The van der Waals surface area contributed by atoms with Gasteiger partial charge in [0.1, 0.15) is 5.82 Å². The maximum atomic E-state index is 11.9. The van der Waals surface area contributed by atoms with Gasteiger partial charge in [-0.3, -0.25) is 0 Å². The molecule has 0 aliphatic carbocycles. The van der Waals surface area contributed by atoms with E-state index < -0.39 is 0 Å². The molecule has 1 fully saturated rings. The van der Waals surface area contributed by atoms with Crippen molar-refractivity contribution in [1.82, 2.24) is 14.7 Å². The highest BCUT2D eigenvalue weighted by Crippen LogP contribution is 2.19. The Labute approximate surface area is 124 Å². The van der Waals surface area contributed by atoms with Crippen LogP contribution in [0.15, 0.2) is 18.3 Å². The Morgan fingerprint density at radius 3 is 3.10 bits per heavy atom. The third-order valence-electron chi connectivity index (χ3n) is 4.09. The molecule has 1 N–H and O–H groups in total. The molecule has 2 aromatic rings. The van der Waals surface area contributed by atoms with E-state index >= 15 is 0 Å². The Morgan fingerprint density at radius 1 is 1.52 bits per heavy atom. The molecule has 0 amide bonds. The molecule has 0 saturated carbocycles. The number of aryl methyl sites for hydroxylation is 1. The molecule has 1 aliphatic rings. The lowest BCUT2D eigenvalue weighted by Gasteiger charge is -2.22. The van der Waals surface area contributed by atoms with Crippen LogP contribution in [-0.2, 0) is 11.2 Å². The molecule has 0 spiro atoms. The van der Waals surface area contributed by atoms with Gasteiger partial charge in [-0.2, -0.15) is 0 Å². The fourth-order valence-corrected chi connectivity index (χ4v) is 2.96. The molecule has 1 unspecified atom stereocenters. The van der Waals surface area contributed by atoms with E-state index in [-0.39, 0.29) is 5.97 Å². The van der Waals surface area contributed by atoms with Crippen LogP contribution in [0.1, 0.15) is 41.1 Å². The third kappa shape index (κ3) is 2.78. The normalized spacial score (nSPS) is 18.9. The lowest BCUT2D eigenvalue weighted by molar-refractivity contribution is 0.0596. The van der Waals surface area contributed by atoms with Crippen molar-refractivity contribution < 1.29 is 9.53 Å². The number of rotatable bonds is 3. The van der Waals surface area contributed by atoms with Crippen molar-refractivity contribution >= 4 is 11.5 Å². The summed E-state index contributed by atoms with van der Waals surface area (Å²) in [6.07, 6.45) is 6.48. The Morgan fingerprint density at radius 2 is 2.38 bits per heavy atom. The first kappa shape index (κ1) is 14.1. The summed E-state index contributed by atoms with van der Waals surface area (Å²) in [4.78, 5) is 16.5. The molecule has 1 saturated heterocycles. The van der Waals surface area contributed by atoms with E-state index in [0.29, 0.717) is 11.7 Å². The van der Waals surface area contributed by atoms with Crippen LogP contribution in [0.4, 0.5) is 0 Å². The van der Waals surface area contributed by atoms with E-state index in [1.807, 2.05) is 29.7 Å². The number of ether oxygens (including phenoxy) is 1. The van der Waals surface area contributed by atoms with E-state index in [2.05, 4.69) is 10.3 Å². The van der Waals surface area contributed by atoms with Crippen LogP contribution in [0.2, 0.25) is 0 Å². The van der Waals surface area contributed by atoms with Crippen molar-refractivity contribution in [3.63, 3.8) is 0 Å². The number of nitrogens with one attached hydrogen (secondary N) is 1. The van der Waals surface area contributed by atoms with E-state index in [0.717, 1.165) is 36.3 Å². The predicted molar refractivity (Wildman–Crippen MR) is 80.6 cm³/mol. The number of hydrogen-bond acceptors (Lipinski definition) is 4. The number of piperidine rings is 1. The summed E-state index contributed by atoms with van der Waals surface area (Å²) < 4.78 is 6.87. The molecule has 1 atom stereocenters. The zero-order valence-electron chi connectivity index (χ0n) is 12.6. The SMILES string of the molecule is COC(=O)c1nc(CC2CCCCN2)n2ccc(C)cc12. The molecular formula is C16H21N3O2. The number of nitrogens with zero attached hydrogens (tertiary/aromatic N) is 2. The van der Waals surface area contributed by atoms with Crippen LogP contribution in [0.3, 0.4) is 0 Å². The standard InChI is InChI=1S/C16H21N3O2/c1-11-6-8-19-13(9-11)15(16(20)21-2)18-14(19)10-12-5-3-4-7-17-12/h6,8-9,12,17H,3-5,7,10H2,1-2H3. The van der Waals surface area contributed by atoms with Gasteiger partial charge in [0.15, 0.2) is 5.69 Å². The zero-order chi connectivity index (χ0) is 14.8. The molecule has 2 aromatic heterocycles. The van der Waals surface area contributed by atoms with Gasteiger partial charge in [-0.25, -0.2) is 9.78 Å². The number of carbonyl (C=O) groups is 1. The van der Waals surface area contributed by atoms with Gasteiger partial charge in [0.25, 0.3) is 0 Å². The van der Waals surface area contributed by atoms with Gasteiger partial charge in [0.05, 0.1) is 12.6 Å². The highest BCUT2D eigenvalue weighted by atomic mass is 16.5. The third-order valence-corrected chi connectivity index (χ3v) is 4.09. The monoisotopic (exact) mass is 287 g/mol. The number of hydrogen-bond donors (Lipinski definition) is 1. The van der Waals surface area contributed by atoms with Gasteiger partial charge in [0, 0.05) is 18.7 Å². The van der Waals surface area contributed by atoms with Gasteiger partial charge >= 0.3 is 5.97 Å². The van der Waals surface area contributed by atoms with Crippen molar-refractivity contribution in [3.05, 3.63) is 35.4 Å². The minimum Gasteiger partial charge on any atom is -0.464 e. The summed E-state index contributed by atoms with van der Waals surface area (Å²) in [5.41, 5.74) is 2.34. The van der Waals surface area contributed by atoms with Gasteiger partial charge in [-0.15, -0.1) is 0 Å². The van der Waals surface area contributed by atoms with Crippen molar-refractivity contribution in [2.24, 2.45) is 0 Å². The Bertz CT molecular complexity index is 657. The fraction of sp³-hybridized carbons (Fsp3) is 0.500. The van der Waals surface area contributed by atoms with E-state index in [4.69, 9.17) is 4.74 Å². The Hall–Kier alpha value is -1.88. The summed E-state index contributed by atoms with van der Waals surface area (Å²) in [5, 5.41) is 3.53. The van der Waals surface area contributed by atoms with Gasteiger partial charge in [-0.05, 0) is 44.0 Å². The van der Waals surface area contributed by atoms with Crippen molar-refractivity contribution in [3.8, 4) is 0 Å². The topological polar surface area (TPSA) is 55.6 Å². The lowest BCUT2D eigenvalue weighted by atomic mass is 10.0. The maximum absolute atomic E-state index is 11.9. The number of esters is 1. The van der Waals surface area contributed by atoms with Crippen LogP contribution in [-0.4, -0.2) is 35.1 Å². The quantitative estimate of drug-likeness (QED) is 0.879. The van der Waals surface area contributed by atoms with E-state index in [9.17, 15) is 4.79 Å². The minimum absolute atomic E-state index is 0.374. The van der Waals surface area contributed by atoms with E-state index in [1.54, 1.807) is 0 Å². The second-order valence-corrected chi connectivity index (χ2v) is 5.68. The second kappa shape index (κ2) is 5.85. The summed E-state index contributed by atoms with van der Waals surface area (Å²) in [6.45, 7) is 3.08. The number of pyridine rings is 1. The van der Waals surface area contributed by atoms with Gasteiger partial charge in [0.2, 0.25) is 0 Å². The number of aromatic nitrogens is 2. The maximum Gasteiger partial charge on any atom is 0.358 e. The first-order valence-corrected chi connectivity index (χ1v) is 7.48. The Balaban J connectivity index is 1.99. The summed E-state index contributed by atoms with van der Waals surface area (Å²) >= 11 is 0. The van der Waals surface area contributed by atoms with Crippen LogP contribution in [0.5, 0.6) is 0 Å². The molecule has 5 nitrogen and oxygen atoms in total. The van der Waals surface area contributed by atoms with Crippen molar-refractivity contribution in [2.75, 3.05) is 13.7 Å².